The number of aromatic nitrogens is 3. The highest BCUT2D eigenvalue weighted by atomic mass is 127. The number of nitrogens with one attached hydrogen (secondary N) is 2. The average Bonchev–Trinajstić information content (AvgIpc) is 3.21. The molecule has 3 heterocycles. The van der Waals surface area contributed by atoms with Crippen LogP contribution in [0, 0.1) is 0 Å². The monoisotopic (exact) mass is 440 g/mol. The summed E-state index contributed by atoms with van der Waals surface area (Å²) in [7, 11) is 3.75. The summed E-state index contributed by atoms with van der Waals surface area (Å²) in [5.41, 5.74) is 3.04. The van der Waals surface area contributed by atoms with Gasteiger partial charge in [-0.1, -0.05) is 5.16 Å². The molecule has 7 nitrogen and oxygen atoms in total. The van der Waals surface area contributed by atoms with Crippen LogP contribution in [-0.2, 0) is 13.0 Å². The van der Waals surface area contributed by atoms with Crippen LogP contribution in [0.5, 0.6) is 0 Å². The number of hydrogen-bond acceptors (Lipinski definition) is 4. The van der Waals surface area contributed by atoms with Crippen molar-refractivity contribution in [3.05, 3.63) is 48.1 Å². The Hall–Kier alpha value is -2.10. The van der Waals surface area contributed by atoms with E-state index in [2.05, 4.69) is 31.5 Å². The number of pyridine rings is 1. The van der Waals surface area contributed by atoms with Crippen molar-refractivity contribution in [1.29, 1.82) is 0 Å². The van der Waals surface area contributed by atoms with Crippen molar-refractivity contribution < 1.29 is 4.52 Å². The van der Waals surface area contributed by atoms with Gasteiger partial charge in [0.15, 0.2) is 5.96 Å². The fraction of sp³-hybridized carbons (Fsp3) is 0.312. The van der Waals surface area contributed by atoms with Crippen LogP contribution in [-0.4, -0.2) is 46.6 Å². The minimum atomic E-state index is 0. The summed E-state index contributed by atoms with van der Waals surface area (Å²) in [6, 6.07) is 5.89. The van der Waals surface area contributed by atoms with Crippen molar-refractivity contribution in [2.75, 3.05) is 20.6 Å². The lowest BCUT2D eigenvalue weighted by atomic mass is 10.1. The predicted octanol–water partition coefficient (Wildman–Crippen LogP) is 2.42. The van der Waals surface area contributed by atoms with Crippen molar-refractivity contribution in [3.63, 3.8) is 0 Å². The molecular formula is C16H21IN6O. The maximum atomic E-state index is 4.85. The first kappa shape index (κ1) is 18.2. The van der Waals surface area contributed by atoms with Crippen LogP contribution in [0.25, 0.3) is 11.0 Å². The smallest absolute Gasteiger partial charge is 0.193 e. The van der Waals surface area contributed by atoms with E-state index in [1.54, 1.807) is 19.5 Å². The lowest BCUT2D eigenvalue weighted by Crippen LogP contribution is -2.39. The average molecular weight is 440 g/mol. The first-order chi connectivity index (χ1) is 11.3. The molecule has 0 atom stereocenters. The first-order valence-corrected chi connectivity index (χ1v) is 7.50. The van der Waals surface area contributed by atoms with E-state index in [1.165, 1.54) is 10.9 Å². The van der Waals surface area contributed by atoms with Crippen LogP contribution in [0.1, 0.15) is 11.3 Å². The van der Waals surface area contributed by atoms with Gasteiger partial charge in [0.25, 0.3) is 0 Å². The van der Waals surface area contributed by atoms with Crippen LogP contribution < -0.4 is 5.32 Å². The fourth-order valence-electron chi connectivity index (χ4n) is 2.55. The molecule has 0 radical (unpaired) electrons. The highest BCUT2D eigenvalue weighted by Gasteiger charge is 2.09. The zero-order chi connectivity index (χ0) is 16.1. The third-order valence-corrected chi connectivity index (χ3v) is 3.68. The quantitative estimate of drug-likeness (QED) is 0.362. The normalized spacial score (nSPS) is 11.3. The summed E-state index contributed by atoms with van der Waals surface area (Å²) in [6.07, 6.45) is 6.27. The molecule has 3 rings (SSSR count). The summed E-state index contributed by atoms with van der Waals surface area (Å²) >= 11 is 0. The van der Waals surface area contributed by atoms with Crippen LogP contribution in [0.3, 0.4) is 0 Å². The maximum absolute atomic E-state index is 4.85. The van der Waals surface area contributed by atoms with Gasteiger partial charge in [0.05, 0.1) is 6.54 Å². The second-order valence-electron chi connectivity index (χ2n) is 5.28. The van der Waals surface area contributed by atoms with Gasteiger partial charge in [0.1, 0.15) is 17.6 Å². The Morgan fingerprint density at radius 3 is 3.04 bits per heavy atom. The van der Waals surface area contributed by atoms with Gasteiger partial charge in [-0.15, -0.1) is 24.0 Å². The molecule has 3 aromatic heterocycles. The van der Waals surface area contributed by atoms with E-state index in [4.69, 9.17) is 4.52 Å². The van der Waals surface area contributed by atoms with E-state index in [9.17, 15) is 0 Å². The number of aliphatic imine (C=N–C) groups is 1. The number of hydrogen-bond donors (Lipinski definition) is 2. The number of halogens is 1. The Morgan fingerprint density at radius 1 is 1.42 bits per heavy atom. The lowest BCUT2D eigenvalue weighted by molar-refractivity contribution is 0.391. The van der Waals surface area contributed by atoms with Crippen molar-refractivity contribution in [1.82, 2.24) is 25.3 Å². The topological polar surface area (TPSA) is 82.3 Å². The van der Waals surface area contributed by atoms with Crippen LogP contribution in [0.15, 0.2) is 46.4 Å². The largest absolute Gasteiger partial charge is 0.364 e. The van der Waals surface area contributed by atoms with Crippen molar-refractivity contribution in [2.24, 2.45) is 4.99 Å². The molecule has 8 heteroatoms. The fourth-order valence-corrected chi connectivity index (χ4v) is 2.55. The van der Waals surface area contributed by atoms with E-state index in [0.29, 0.717) is 6.54 Å². The van der Waals surface area contributed by atoms with Gasteiger partial charge >= 0.3 is 0 Å². The first-order valence-electron chi connectivity index (χ1n) is 7.50. The van der Waals surface area contributed by atoms with E-state index in [1.807, 2.05) is 30.3 Å². The second kappa shape index (κ2) is 8.67. The van der Waals surface area contributed by atoms with Crippen molar-refractivity contribution in [3.8, 4) is 0 Å². The van der Waals surface area contributed by atoms with Gasteiger partial charge in [-0.05, 0) is 24.1 Å². The number of fused-ring (bicyclic) bond motifs is 1. The van der Waals surface area contributed by atoms with Gasteiger partial charge in [-0.2, -0.15) is 0 Å². The highest BCUT2D eigenvalue weighted by molar-refractivity contribution is 14.0. The minimum absolute atomic E-state index is 0. The molecular weight excluding hydrogens is 419 g/mol. The second-order valence-corrected chi connectivity index (χ2v) is 5.28. The van der Waals surface area contributed by atoms with E-state index < -0.39 is 0 Å². The summed E-state index contributed by atoms with van der Waals surface area (Å²) in [5.74, 6) is 0.825. The molecule has 0 amide bonds. The zero-order valence-electron chi connectivity index (χ0n) is 13.7. The Morgan fingerprint density at radius 2 is 2.29 bits per heavy atom. The molecule has 128 valence electrons. The van der Waals surface area contributed by atoms with Gasteiger partial charge in [0.2, 0.25) is 0 Å². The van der Waals surface area contributed by atoms with Gasteiger partial charge in [-0.25, -0.2) is 4.98 Å². The summed E-state index contributed by atoms with van der Waals surface area (Å²) in [6.45, 7) is 1.44. The SMILES string of the molecule is CN=C(NCCc1c[nH]c2ncccc12)N(C)Cc1ccon1.I. The van der Waals surface area contributed by atoms with E-state index in [0.717, 1.165) is 30.3 Å². The molecule has 0 unspecified atom stereocenters. The van der Waals surface area contributed by atoms with Gasteiger partial charge in [-0.3, -0.25) is 4.99 Å². The number of H-pyrrole nitrogens is 1. The number of aromatic amines is 1. The molecule has 24 heavy (non-hydrogen) atoms. The van der Waals surface area contributed by atoms with Gasteiger partial charge < -0.3 is 19.7 Å². The van der Waals surface area contributed by atoms with E-state index in [-0.39, 0.29) is 24.0 Å². The Bertz CT molecular complexity index is 783. The maximum Gasteiger partial charge on any atom is 0.193 e. The number of guanidine groups is 1. The molecule has 0 aliphatic carbocycles. The summed E-state index contributed by atoms with van der Waals surface area (Å²) < 4.78 is 4.85. The van der Waals surface area contributed by atoms with Gasteiger partial charge in [0, 0.05) is 44.5 Å². The number of nitrogens with zero attached hydrogens (tertiary/aromatic N) is 4. The Balaban J connectivity index is 0.00000208. The van der Waals surface area contributed by atoms with E-state index >= 15 is 0 Å². The molecule has 0 bridgehead atoms. The molecule has 0 saturated heterocycles. The van der Waals surface area contributed by atoms with Crippen LogP contribution >= 0.6 is 24.0 Å². The van der Waals surface area contributed by atoms with Crippen LogP contribution in [0.4, 0.5) is 0 Å². The Kier molecular flexibility index (Phi) is 6.59. The lowest BCUT2D eigenvalue weighted by Gasteiger charge is -2.20. The highest BCUT2D eigenvalue weighted by Crippen LogP contribution is 2.15. The molecule has 0 aliphatic heterocycles. The summed E-state index contributed by atoms with van der Waals surface area (Å²) in [5, 5.41) is 8.45. The third-order valence-electron chi connectivity index (χ3n) is 3.68. The minimum Gasteiger partial charge on any atom is -0.364 e. The zero-order valence-corrected chi connectivity index (χ0v) is 16.0. The Labute approximate surface area is 157 Å². The van der Waals surface area contributed by atoms with Crippen molar-refractivity contribution >= 4 is 41.0 Å². The molecule has 0 spiro atoms. The molecule has 0 aromatic carbocycles. The predicted molar refractivity (Wildman–Crippen MR) is 105 cm³/mol. The standard InChI is InChI=1S/C16H20N6O.HI/c1-17-16(22(2)11-13-6-9-23-21-13)19-8-5-12-10-20-15-14(12)4-3-7-18-15;/h3-4,6-7,9-10H,5,8,11H2,1-2H3,(H,17,19)(H,18,20);1H. The molecule has 0 aliphatic rings. The molecule has 2 N–H and O–H groups in total. The number of rotatable bonds is 5. The van der Waals surface area contributed by atoms with Crippen molar-refractivity contribution in [2.45, 2.75) is 13.0 Å². The van der Waals surface area contributed by atoms with Crippen LogP contribution in [0.2, 0.25) is 0 Å². The molecule has 3 aromatic rings. The summed E-state index contributed by atoms with van der Waals surface area (Å²) in [4.78, 5) is 13.8. The third kappa shape index (κ3) is 4.25. The molecule has 0 saturated carbocycles. The molecule has 0 fully saturated rings.